The van der Waals surface area contributed by atoms with Crippen LogP contribution in [-0.2, 0) is 24.5 Å². The van der Waals surface area contributed by atoms with Crippen molar-refractivity contribution in [2.45, 2.75) is 57.0 Å². The zero-order chi connectivity index (χ0) is 22.6. The number of rotatable bonds is 7. The monoisotopic (exact) mass is 439 g/mol. The van der Waals surface area contributed by atoms with Crippen molar-refractivity contribution in [3.05, 3.63) is 60.2 Å². The van der Waals surface area contributed by atoms with E-state index in [0.717, 1.165) is 42.7 Å². The largest absolute Gasteiger partial charge is 0.497 e. The lowest BCUT2D eigenvalue weighted by molar-refractivity contribution is -0.188. The van der Waals surface area contributed by atoms with E-state index < -0.39 is 11.3 Å². The van der Waals surface area contributed by atoms with E-state index in [0.29, 0.717) is 13.2 Å². The third-order valence-corrected chi connectivity index (χ3v) is 6.50. The molecular formula is C26H33NO5. The first kappa shape index (κ1) is 22.6. The van der Waals surface area contributed by atoms with Gasteiger partial charge in [0.15, 0.2) is 11.3 Å². The maximum atomic E-state index is 13.8. The van der Waals surface area contributed by atoms with Crippen molar-refractivity contribution < 1.29 is 23.7 Å². The summed E-state index contributed by atoms with van der Waals surface area (Å²) < 4.78 is 23.1. The molecule has 2 aromatic rings. The zero-order valence-electron chi connectivity index (χ0n) is 19.1. The highest BCUT2D eigenvalue weighted by atomic mass is 16.7. The zero-order valence-corrected chi connectivity index (χ0v) is 19.1. The lowest BCUT2D eigenvalue weighted by Gasteiger charge is -2.45. The Hall–Kier alpha value is -2.57. The highest BCUT2D eigenvalue weighted by molar-refractivity contribution is 5.87. The van der Waals surface area contributed by atoms with Gasteiger partial charge >= 0.3 is 5.97 Å². The van der Waals surface area contributed by atoms with Crippen molar-refractivity contribution in [2.75, 3.05) is 25.6 Å². The van der Waals surface area contributed by atoms with Crippen LogP contribution in [0.4, 0.5) is 5.69 Å². The molecule has 1 aliphatic heterocycles. The molecule has 2 aromatic carbocycles. The number of benzene rings is 2. The maximum Gasteiger partial charge on any atom is 0.337 e. The number of ether oxygens (including phenoxy) is 4. The number of anilines is 1. The Balaban J connectivity index is 1.74. The Bertz CT molecular complexity index is 882. The Morgan fingerprint density at radius 3 is 2.22 bits per heavy atom. The van der Waals surface area contributed by atoms with Crippen LogP contribution >= 0.6 is 0 Å². The van der Waals surface area contributed by atoms with Crippen molar-refractivity contribution in [1.29, 1.82) is 0 Å². The summed E-state index contributed by atoms with van der Waals surface area (Å²) in [5.41, 5.74) is 0.708. The van der Waals surface area contributed by atoms with Gasteiger partial charge in [-0.25, -0.2) is 4.79 Å². The lowest BCUT2D eigenvalue weighted by Crippen LogP contribution is -2.53. The quantitative estimate of drug-likeness (QED) is 0.620. The fourth-order valence-corrected chi connectivity index (χ4v) is 4.93. The standard InChI is InChI=1S/C26H33NO5/c1-19(2)32-24(28)26(20-7-5-4-6-8-20,27-22-9-11-23(29-3)12-10-22)21-13-15-25(16-14-21)30-17-18-31-25/h4-12,19,21,27H,13-18H2,1-3H3/t26-/m1/s1. The molecular weight excluding hydrogens is 406 g/mol. The third-order valence-electron chi connectivity index (χ3n) is 6.50. The van der Waals surface area contributed by atoms with Gasteiger partial charge in [-0.15, -0.1) is 0 Å². The van der Waals surface area contributed by atoms with Crippen LogP contribution in [0.2, 0.25) is 0 Å². The van der Waals surface area contributed by atoms with E-state index in [-0.39, 0.29) is 18.0 Å². The predicted molar refractivity (Wildman–Crippen MR) is 123 cm³/mol. The second-order valence-electron chi connectivity index (χ2n) is 8.86. The van der Waals surface area contributed by atoms with Crippen molar-refractivity contribution >= 4 is 11.7 Å². The molecule has 172 valence electrons. The molecule has 0 unspecified atom stereocenters. The summed E-state index contributed by atoms with van der Waals surface area (Å²) >= 11 is 0. The Morgan fingerprint density at radius 2 is 1.66 bits per heavy atom. The third kappa shape index (κ3) is 4.48. The molecule has 0 amide bonds. The summed E-state index contributed by atoms with van der Waals surface area (Å²) in [5.74, 6) is 0.0159. The van der Waals surface area contributed by atoms with E-state index in [1.807, 2.05) is 68.4 Å². The molecule has 1 heterocycles. The Kier molecular flexibility index (Phi) is 6.72. The van der Waals surface area contributed by atoms with Crippen LogP contribution < -0.4 is 10.1 Å². The number of hydrogen-bond donors (Lipinski definition) is 1. The van der Waals surface area contributed by atoms with Crippen LogP contribution in [0.3, 0.4) is 0 Å². The van der Waals surface area contributed by atoms with Crippen LogP contribution in [0.5, 0.6) is 5.75 Å². The molecule has 2 fully saturated rings. The second-order valence-corrected chi connectivity index (χ2v) is 8.86. The Labute approximate surface area is 190 Å². The van der Waals surface area contributed by atoms with E-state index in [9.17, 15) is 4.79 Å². The molecule has 1 saturated carbocycles. The van der Waals surface area contributed by atoms with E-state index in [4.69, 9.17) is 18.9 Å². The smallest absolute Gasteiger partial charge is 0.337 e. The van der Waals surface area contributed by atoms with Gasteiger partial charge in [0.05, 0.1) is 26.4 Å². The molecule has 1 saturated heterocycles. The van der Waals surface area contributed by atoms with Crippen LogP contribution in [0.25, 0.3) is 0 Å². The average molecular weight is 440 g/mol. The Morgan fingerprint density at radius 1 is 1.03 bits per heavy atom. The fraction of sp³-hybridized carbons (Fsp3) is 0.500. The van der Waals surface area contributed by atoms with Crippen LogP contribution in [-0.4, -0.2) is 38.2 Å². The molecule has 1 spiro atoms. The number of carbonyl (C=O) groups excluding carboxylic acids is 1. The summed E-state index contributed by atoms with van der Waals surface area (Å²) in [6.45, 7) is 5.04. The molecule has 1 N–H and O–H groups in total. The minimum atomic E-state index is -1.03. The molecule has 32 heavy (non-hydrogen) atoms. The first-order chi connectivity index (χ1) is 15.5. The molecule has 0 aromatic heterocycles. The molecule has 2 aliphatic rings. The first-order valence-corrected chi connectivity index (χ1v) is 11.4. The maximum absolute atomic E-state index is 13.8. The van der Waals surface area contributed by atoms with Gasteiger partial charge in [-0.3, -0.25) is 0 Å². The van der Waals surface area contributed by atoms with Gasteiger partial charge in [0.25, 0.3) is 0 Å². The summed E-state index contributed by atoms with van der Waals surface area (Å²) in [5, 5.41) is 3.60. The van der Waals surface area contributed by atoms with Crippen molar-refractivity contribution in [3.8, 4) is 5.75 Å². The van der Waals surface area contributed by atoms with Gasteiger partial charge in [-0.1, -0.05) is 30.3 Å². The molecule has 6 nitrogen and oxygen atoms in total. The minimum Gasteiger partial charge on any atom is -0.497 e. The van der Waals surface area contributed by atoms with Crippen molar-refractivity contribution in [3.63, 3.8) is 0 Å². The molecule has 4 rings (SSSR count). The molecule has 0 bridgehead atoms. The normalized spacial score (nSPS) is 20.1. The van der Waals surface area contributed by atoms with E-state index in [1.54, 1.807) is 7.11 Å². The molecule has 6 heteroatoms. The van der Waals surface area contributed by atoms with Crippen LogP contribution in [0.1, 0.15) is 45.1 Å². The van der Waals surface area contributed by atoms with E-state index in [1.165, 1.54) is 0 Å². The van der Waals surface area contributed by atoms with Gasteiger partial charge in [-0.05, 0) is 62.4 Å². The fourth-order valence-electron chi connectivity index (χ4n) is 4.93. The van der Waals surface area contributed by atoms with Gasteiger partial charge in [0.2, 0.25) is 0 Å². The van der Waals surface area contributed by atoms with Crippen LogP contribution in [0.15, 0.2) is 54.6 Å². The van der Waals surface area contributed by atoms with Gasteiger partial charge in [0.1, 0.15) is 5.75 Å². The van der Waals surface area contributed by atoms with Crippen molar-refractivity contribution in [2.24, 2.45) is 5.92 Å². The first-order valence-electron chi connectivity index (χ1n) is 11.4. The average Bonchev–Trinajstić information content (AvgIpc) is 3.26. The second kappa shape index (κ2) is 9.51. The molecule has 1 atom stereocenters. The number of carbonyl (C=O) groups is 1. The summed E-state index contributed by atoms with van der Waals surface area (Å²) in [4.78, 5) is 13.8. The van der Waals surface area contributed by atoms with Gasteiger partial charge in [-0.2, -0.15) is 0 Å². The van der Waals surface area contributed by atoms with E-state index in [2.05, 4.69) is 5.32 Å². The number of nitrogens with one attached hydrogen (secondary N) is 1. The van der Waals surface area contributed by atoms with Crippen LogP contribution in [0, 0.1) is 5.92 Å². The highest BCUT2D eigenvalue weighted by Gasteiger charge is 2.53. The van der Waals surface area contributed by atoms with Gasteiger partial charge in [0, 0.05) is 18.5 Å². The summed E-state index contributed by atoms with van der Waals surface area (Å²) in [7, 11) is 1.64. The highest BCUT2D eigenvalue weighted by Crippen LogP contribution is 2.47. The minimum absolute atomic E-state index is 0.0108. The van der Waals surface area contributed by atoms with Crippen molar-refractivity contribution in [1.82, 2.24) is 0 Å². The topological polar surface area (TPSA) is 66.0 Å². The molecule has 1 aliphatic carbocycles. The summed E-state index contributed by atoms with van der Waals surface area (Å²) in [6.07, 6.45) is 2.85. The number of methoxy groups -OCH3 is 1. The predicted octanol–water partition coefficient (Wildman–Crippen LogP) is 4.89. The SMILES string of the molecule is COc1ccc(N[C@](C(=O)OC(C)C)(c2ccccc2)C2CCC3(CC2)OCCO3)cc1. The van der Waals surface area contributed by atoms with Gasteiger partial charge < -0.3 is 24.3 Å². The molecule has 0 radical (unpaired) electrons. The number of hydrogen-bond acceptors (Lipinski definition) is 6. The lowest BCUT2D eigenvalue weighted by atomic mass is 9.69. The number of esters is 1. The van der Waals surface area contributed by atoms with E-state index >= 15 is 0 Å². The summed E-state index contributed by atoms with van der Waals surface area (Å²) in [6, 6.07) is 17.6.